The van der Waals surface area contributed by atoms with Crippen LogP contribution in [-0.4, -0.2) is 30.4 Å². The third kappa shape index (κ3) is 3.22. The van der Waals surface area contributed by atoms with Crippen molar-refractivity contribution in [1.29, 1.82) is 0 Å². The Kier molecular flexibility index (Phi) is 5.01. The Hall–Kier alpha value is -1.51. The number of hydrogen-bond acceptors (Lipinski definition) is 2. The van der Waals surface area contributed by atoms with E-state index in [-0.39, 0.29) is 11.9 Å². The number of amides is 1. The number of carbonyl (C=O) groups excluding carboxylic acids is 1. The van der Waals surface area contributed by atoms with Gasteiger partial charge in [0.2, 0.25) is 0 Å². The number of nitrogens with zero attached hydrogens (tertiary/aromatic N) is 1. The molecule has 0 heterocycles. The molecule has 0 aliphatic heterocycles. The van der Waals surface area contributed by atoms with E-state index in [1.807, 2.05) is 43.1 Å². The van der Waals surface area contributed by atoms with Crippen LogP contribution in [0.5, 0.6) is 0 Å². The minimum Gasteiger partial charge on any atom is -0.388 e. The highest BCUT2D eigenvalue weighted by Gasteiger charge is 2.18. The summed E-state index contributed by atoms with van der Waals surface area (Å²) in [5.74, 6) is 0.115. The summed E-state index contributed by atoms with van der Waals surface area (Å²) in [6.07, 6.45) is 0.980. The molecule has 0 radical (unpaired) electrons. The van der Waals surface area contributed by atoms with Gasteiger partial charge in [-0.2, -0.15) is 0 Å². The molecule has 0 bridgehead atoms. The summed E-state index contributed by atoms with van der Waals surface area (Å²) in [6, 6.07) is 7.89. The minimum atomic E-state index is 0.115. The van der Waals surface area contributed by atoms with E-state index in [1.54, 1.807) is 0 Å². The molecule has 1 rings (SSSR count). The zero-order valence-electron chi connectivity index (χ0n) is 11.2. The van der Waals surface area contributed by atoms with Crippen molar-refractivity contribution in [1.82, 2.24) is 4.90 Å². The van der Waals surface area contributed by atoms with E-state index in [4.69, 9.17) is 0 Å². The van der Waals surface area contributed by atoms with Crippen LogP contribution in [0.3, 0.4) is 0 Å². The maximum atomic E-state index is 12.3. The van der Waals surface area contributed by atoms with E-state index in [9.17, 15) is 4.79 Å². The van der Waals surface area contributed by atoms with Gasteiger partial charge in [0.15, 0.2) is 0 Å². The fraction of sp³-hybridized carbons (Fsp3) is 0.500. The van der Waals surface area contributed by atoms with Gasteiger partial charge in [0.1, 0.15) is 0 Å². The van der Waals surface area contributed by atoms with Crippen molar-refractivity contribution in [2.24, 2.45) is 0 Å². The van der Waals surface area contributed by atoms with E-state index < -0.39 is 0 Å². The predicted octanol–water partition coefficient (Wildman–Crippen LogP) is 2.99. The molecule has 0 aromatic heterocycles. The van der Waals surface area contributed by atoms with Gasteiger partial charge in [-0.05, 0) is 44.5 Å². The first-order valence-electron chi connectivity index (χ1n) is 6.22. The number of nitrogens with one attached hydrogen (secondary N) is 1. The summed E-state index contributed by atoms with van der Waals surface area (Å²) < 4.78 is 0. The predicted molar refractivity (Wildman–Crippen MR) is 72.5 cm³/mol. The molecule has 0 aliphatic carbocycles. The lowest BCUT2D eigenvalue weighted by Gasteiger charge is -2.27. The molecule has 3 nitrogen and oxygen atoms in total. The lowest BCUT2D eigenvalue weighted by Crippen LogP contribution is -2.38. The molecule has 1 amide bonds. The van der Waals surface area contributed by atoms with Crippen LogP contribution in [0.25, 0.3) is 0 Å². The van der Waals surface area contributed by atoms with Crippen LogP contribution in [0.4, 0.5) is 5.69 Å². The normalized spacial score (nSPS) is 12.0. The van der Waals surface area contributed by atoms with Gasteiger partial charge in [-0.25, -0.2) is 0 Å². The average Bonchev–Trinajstić information content (AvgIpc) is 2.39. The standard InChI is InChI=1S/C14H22N2O/c1-5-11(3)16(6-2)14(17)12-7-9-13(15-4)10-8-12/h7-11,15H,5-6H2,1-4H3. The highest BCUT2D eigenvalue weighted by Crippen LogP contribution is 2.13. The van der Waals surface area contributed by atoms with Crippen molar-refractivity contribution < 1.29 is 4.79 Å². The molecule has 1 atom stereocenters. The second kappa shape index (κ2) is 6.28. The maximum absolute atomic E-state index is 12.3. The van der Waals surface area contributed by atoms with Gasteiger partial charge in [-0.1, -0.05) is 6.92 Å². The van der Waals surface area contributed by atoms with Crippen LogP contribution in [0, 0.1) is 0 Å². The summed E-state index contributed by atoms with van der Waals surface area (Å²) in [6.45, 7) is 6.96. The summed E-state index contributed by atoms with van der Waals surface area (Å²) >= 11 is 0. The van der Waals surface area contributed by atoms with Crippen molar-refractivity contribution in [3.8, 4) is 0 Å². The zero-order valence-corrected chi connectivity index (χ0v) is 11.2. The first-order chi connectivity index (χ1) is 8.13. The molecule has 94 valence electrons. The molecule has 1 N–H and O–H groups in total. The highest BCUT2D eigenvalue weighted by atomic mass is 16.2. The third-order valence-electron chi connectivity index (χ3n) is 3.14. The van der Waals surface area contributed by atoms with Crippen molar-refractivity contribution in [3.63, 3.8) is 0 Å². The topological polar surface area (TPSA) is 32.3 Å². The molecule has 1 aromatic rings. The highest BCUT2D eigenvalue weighted by molar-refractivity contribution is 5.94. The molecule has 1 unspecified atom stereocenters. The van der Waals surface area contributed by atoms with Crippen LogP contribution in [0.1, 0.15) is 37.6 Å². The van der Waals surface area contributed by atoms with Gasteiger partial charge in [-0.3, -0.25) is 4.79 Å². The average molecular weight is 234 g/mol. The maximum Gasteiger partial charge on any atom is 0.254 e. The second-order valence-electron chi connectivity index (χ2n) is 4.18. The largest absolute Gasteiger partial charge is 0.388 e. The van der Waals surface area contributed by atoms with E-state index >= 15 is 0 Å². The van der Waals surface area contributed by atoms with E-state index in [2.05, 4.69) is 19.2 Å². The number of carbonyl (C=O) groups is 1. The van der Waals surface area contributed by atoms with Gasteiger partial charge >= 0.3 is 0 Å². The quantitative estimate of drug-likeness (QED) is 0.849. The Balaban J connectivity index is 2.86. The number of anilines is 1. The van der Waals surface area contributed by atoms with E-state index in [0.717, 1.165) is 24.2 Å². The molecule has 0 aliphatic rings. The monoisotopic (exact) mass is 234 g/mol. The molecule has 17 heavy (non-hydrogen) atoms. The SMILES string of the molecule is CCC(C)N(CC)C(=O)c1ccc(NC)cc1. The lowest BCUT2D eigenvalue weighted by atomic mass is 10.1. The molecular weight excluding hydrogens is 212 g/mol. The Morgan fingerprint density at radius 1 is 1.29 bits per heavy atom. The van der Waals surface area contributed by atoms with Gasteiger partial charge in [-0.15, -0.1) is 0 Å². The Labute approximate surface area is 104 Å². The Morgan fingerprint density at radius 3 is 2.29 bits per heavy atom. The molecule has 0 spiro atoms. The molecule has 3 heteroatoms. The fourth-order valence-corrected chi connectivity index (χ4v) is 1.82. The number of benzene rings is 1. The van der Waals surface area contributed by atoms with Crippen LogP contribution in [0.15, 0.2) is 24.3 Å². The summed E-state index contributed by atoms with van der Waals surface area (Å²) in [5, 5.41) is 3.05. The Morgan fingerprint density at radius 2 is 1.88 bits per heavy atom. The first-order valence-corrected chi connectivity index (χ1v) is 6.22. The van der Waals surface area contributed by atoms with Gasteiger partial charge in [0.05, 0.1) is 0 Å². The third-order valence-corrected chi connectivity index (χ3v) is 3.14. The van der Waals surface area contributed by atoms with Crippen LogP contribution < -0.4 is 5.32 Å². The molecular formula is C14H22N2O. The first kappa shape index (κ1) is 13.6. The zero-order chi connectivity index (χ0) is 12.8. The van der Waals surface area contributed by atoms with Crippen molar-refractivity contribution in [2.45, 2.75) is 33.2 Å². The lowest BCUT2D eigenvalue weighted by molar-refractivity contribution is 0.0700. The van der Waals surface area contributed by atoms with Gasteiger partial charge < -0.3 is 10.2 Å². The van der Waals surface area contributed by atoms with Crippen LogP contribution in [-0.2, 0) is 0 Å². The van der Waals surface area contributed by atoms with Crippen LogP contribution in [0.2, 0.25) is 0 Å². The number of hydrogen-bond donors (Lipinski definition) is 1. The summed E-state index contributed by atoms with van der Waals surface area (Å²) in [5.41, 5.74) is 1.78. The van der Waals surface area contributed by atoms with E-state index in [1.165, 1.54) is 0 Å². The molecule has 0 saturated heterocycles. The van der Waals surface area contributed by atoms with Crippen molar-refractivity contribution >= 4 is 11.6 Å². The van der Waals surface area contributed by atoms with Gasteiger partial charge in [0.25, 0.3) is 5.91 Å². The molecule has 1 aromatic carbocycles. The second-order valence-corrected chi connectivity index (χ2v) is 4.18. The summed E-state index contributed by atoms with van der Waals surface area (Å²) in [7, 11) is 1.87. The minimum absolute atomic E-state index is 0.115. The summed E-state index contributed by atoms with van der Waals surface area (Å²) in [4.78, 5) is 14.2. The van der Waals surface area contributed by atoms with Crippen LogP contribution >= 0.6 is 0 Å². The van der Waals surface area contributed by atoms with E-state index in [0.29, 0.717) is 0 Å². The van der Waals surface area contributed by atoms with Gasteiger partial charge in [0, 0.05) is 30.9 Å². The molecule has 0 saturated carbocycles. The molecule has 0 fully saturated rings. The number of rotatable bonds is 5. The smallest absolute Gasteiger partial charge is 0.254 e. The van der Waals surface area contributed by atoms with Crippen molar-refractivity contribution in [3.05, 3.63) is 29.8 Å². The Bertz CT molecular complexity index is 359. The van der Waals surface area contributed by atoms with Crippen molar-refractivity contribution in [2.75, 3.05) is 18.9 Å². The fourth-order valence-electron chi connectivity index (χ4n) is 1.82.